The van der Waals surface area contributed by atoms with E-state index in [9.17, 15) is 0 Å². The van der Waals surface area contributed by atoms with Gasteiger partial charge in [0, 0.05) is 25.1 Å². The lowest BCUT2D eigenvalue weighted by molar-refractivity contribution is 0.662. The van der Waals surface area contributed by atoms with Crippen LogP contribution in [0, 0.1) is 0 Å². The zero-order chi connectivity index (χ0) is 16.4. The summed E-state index contributed by atoms with van der Waals surface area (Å²) in [5.74, 6) is 2.05. The molecule has 3 aromatic rings. The second-order valence-electron chi connectivity index (χ2n) is 5.98. The van der Waals surface area contributed by atoms with Crippen LogP contribution in [0.3, 0.4) is 0 Å². The lowest BCUT2D eigenvalue weighted by Crippen LogP contribution is -2.27. The van der Waals surface area contributed by atoms with E-state index >= 15 is 0 Å². The van der Waals surface area contributed by atoms with E-state index in [2.05, 4.69) is 51.0 Å². The molecule has 2 aromatic heterocycles. The minimum Gasteiger partial charge on any atom is -0.350 e. The molecule has 1 aromatic carbocycles. The third kappa shape index (κ3) is 2.73. The highest BCUT2D eigenvalue weighted by Crippen LogP contribution is 2.31. The molecule has 1 atom stereocenters. The second kappa shape index (κ2) is 6.35. The maximum absolute atomic E-state index is 4.72. The molecule has 1 unspecified atom stereocenters. The van der Waals surface area contributed by atoms with Crippen molar-refractivity contribution in [2.24, 2.45) is 0 Å². The number of anilines is 1. The Kier molecular flexibility index (Phi) is 3.91. The Hall–Kier alpha value is -2.82. The Morgan fingerprint density at radius 1 is 0.917 bits per heavy atom. The number of nitrogens with zero attached hydrogens (tertiary/aromatic N) is 5. The highest BCUT2D eigenvalue weighted by atomic mass is 15.2. The largest absolute Gasteiger partial charge is 0.350 e. The highest BCUT2D eigenvalue weighted by molar-refractivity contribution is 5.51. The topological polar surface area (TPSA) is 54.8 Å². The normalized spacial score (nSPS) is 17.2. The quantitative estimate of drug-likeness (QED) is 0.724. The predicted octanol–water partition coefficient (Wildman–Crippen LogP) is 3.45. The maximum atomic E-state index is 4.72. The first kappa shape index (κ1) is 14.8. The summed E-state index contributed by atoms with van der Waals surface area (Å²) in [4.78, 5) is 19.9. The van der Waals surface area contributed by atoms with Gasteiger partial charge in [-0.05, 0) is 43.0 Å². The van der Waals surface area contributed by atoms with E-state index in [-0.39, 0.29) is 6.04 Å². The summed E-state index contributed by atoms with van der Waals surface area (Å²) in [6, 6.07) is 12.7. The molecule has 5 heteroatoms. The van der Waals surface area contributed by atoms with Crippen molar-refractivity contribution in [3.05, 3.63) is 66.1 Å². The van der Waals surface area contributed by atoms with Gasteiger partial charge < -0.3 is 4.90 Å². The van der Waals surface area contributed by atoms with Gasteiger partial charge in [0.25, 0.3) is 0 Å². The van der Waals surface area contributed by atoms with Crippen LogP contribution in [0.5, 0.6) is 0 Å². The molecule has 120 valence electrons. The Morgan fingerprint density at radius 3 is 2.58 bits per heavy atom. The molecule has 24 heavy (non-hydrogen) atoms. The summed E-state index contributed by atoms with van der Waals surface area (Å²) in [6.45, 7) is 3.22. The third-order valence-corrected chi connectivity index (χ3v) is 4.52. The molecule has 0 saturated heterocycles. The number of benzene rings is 1. The second-order valence-corrected chi connectivity index (χ2v) is 5.98. The molecule has 3 heterocycles. The predicted molar refractivity (Wildman–Crippen MR) is 93.6 cm³/mol. The zero-order valence-corrected chi connectivity index (χ0v) is 13.6. The summed E-state index contributed by atoms with van der Waals surface area (Å²) < 4.78 is 0. The average molecular weight is 317 g/mol. The van der Waals surface area contributed by atoms with Gasteiger partial charge in [0.05, 0.1) is 6.04 Å². The molecule has 5 nitrogen and oxygen atoms in total. The maximum Gasteiger partial charge on any atom is 0.199 e. The third-order valence-electron chi connectivity index (χ3n) is 4.52. The molecule has 0 fully saturated rings. The van der Waals surface area contributed by atoms with E-state index in [1.807, 2.05) is 6.07 Å². The zero-order valence-electron chi connectivity index (χ0n) is 13.6. The molecule has 0 aliphatic carbocycles. The fourth-order valence-electron chi connectivity index (χ4n) is 3.32. The van der Waals surface area contributed by atoms with Crippen molar-refractivity contribution in [2.45, 2.75) is 25.8 Å². The highest BCUT2D eigenvalue weighted by Gasteiger charge is 2.23. The van der Waals surface area contributed by atoms with Gasteiger partial charge in [0.2, 0.25) is 0 Å². The van der Waals surface area contributed by atoms with Gasteiger partial charge in [0.15, 0.2) is 11.6 Å². The number of aryl methyl sites for hydroxylation is 1. The number of fused-ring (bicyclic) bond motifs is 1. The average Bonchev–Trinajstić information content (AvgIpc) is 2.82. The molecule has 0 radical (unpaired) electrons. The van der Waals surface area contributed by atoms with Crippen LogP contribution in [0.25, 0.3) is 11.6 Å². The summed E-state index contributed by atoms with van der Waals surface area (Å²) in [5, 5.41) is 0. The number of aromatic nitrogens is 4. The van der Waals surface area contributed by atoms with Gasteiger partial charge >= 0.3 is 0 Å². The molecule has 1 aliphatic rings. The van der Waals surface area contributed by atoms with Crippen LogP contribution in [0.4, 0.5) is 5.82 Å². The smallest absolute Gasteiger partial charge is 0.199 e. The molecule has 4 rings (SSSR count). The molecule has 0 spiro atoms. The Labute approximate surface area is 141 Å². The van der Waals surface area contributed by atoms with Crippen molar-refractivity contribution in [1.82, 2.24) is 19.9 Å². The first-order chi connectivity index (χ1) is 11.8. The number of rotatable bonds is 2. The lowest BCUT2D eigenvalue weighted by Gasteiger charge is -2.29. The molecule has 1 aliphatic heterocycles. The fourth-order valence-corrected chi connectivity index (χ4v) is 3.32. The molecular weight excluding hydrogens is 298 g/mol. The van der Waals surface area contributed by atoms with Gasteiger partial charge in [-0.2, -0.15) is 0 Å². The van der Waals surface area contributed by atoms with Crippen LogP contribution in [0.1, 0.15) is 30.5 Å². The van der Waals surface area contributed by atoms with Gasteiger partial charge in [-0.1, -0.05) is 24.3 Å². The van der Waals surface area contributed by atoms with Gasteiger partial charge in [0.1, 0.15) is 5.82 Å². The summed E-state index contributed by atoms with van der Waals surface area (Å²) in [7, 11) is 0. The summed E-state index contributed by atoms with van der Waals surface area (Å²) >= 11 is 0. The summed E-state index contributed by atoms with van der Waals surface area (Å²) in [6.07, 6.45) is 7.43. The van der Waals surface area contributed by atoms with Crippen LogP contribution < -0.4 is 4.90 Å². The lowest BCUT2D eigenvalue weighted by atomic mass is 10.00. The fraction of sp³-hybridized carbons (Fsp3) is 0.263. The van der Waals surface area contributed by atoms with E-state index in [0.29, 0.717) is 11.6 Å². The number of hydrogen-bond acceptors (Lipinski definition) is 5. The van der Waals surface area contributed by atoms with Crippen molar-refractivity contribution in [2.75, 3.05) is 11.4 Å². The van der Waals surface area contributed by atoms with E-state index < -0.39 is 0 Å². The van der Waals surface area contributed by atoms with Crippen molar-refractivity contribution >= 4 is 5.82 Å². The van der Waals surface area contributed by atoms with Crippen molar-refractivity contribution < 1.29 is 0 Å². The van der Waals surface area contributed by atoms with Crippen LogP contribution in [0.2, 0.25) is 0 Å². The first-order valence-electron chi connectivity index (χ1n) is 8.28. The van der Waals surface area contributed by atoms with Crippen LogP contribution in [-0.4, -0.2) is 26.5 Å². The van der Waals surface area contributed by atoms with Gasteiger partial charge in [-0.15, -0.1) is 0 Å². The minimum absolute atomic E-state index is 0.281. The van der Waals surface area contributed by atoms with E-state index in [0.717, 1.165) is 25.2 Å². The molecular formula is C19H19N5. The van der Waals surface area contributed by atoms with Gasteiger partial charge in [-0.25, -0.2) is 19.9 Å². The van der Waals surface area contributed by atoms with Crippen molar-refractivity contribution in [1.29, 1.82) is 0 Å². The monoisotopic (exact) mass is 317 g/mol. The number of hydrogen-bond donors (Lipinski definition) is 0. The molecule has 0 N–H and O–H groups in total. The Bertz CT molecular complexity index is 834. The SMILES string of the molecule is CC1c2ccccc2CCCN1c1ccnc(-c2ncccn2)n1. The van der Waals surface area contributed by atoms with E-state index in [4.69, 9.17) is 4.98 Å². The Morgan fingerprint density at radius 2 is 1.71 bits per heavy atom. The molecule has 0 amide bonds. The van der Waals surface area contributed by atoms with Crippen LogP contribution in [0.15, 0.2) is 55.0 Å². The summed E-state index contributed by atoms with van der Waals surface area (Å²) in [5.41, 5.74) is 2.82. The van der Waals surface area contributed by atoms with Crippen LogP contribution >= 0.6 is 0 Å². The first-order valence-corrected chi connectivity index (χ1v) is 8.28. The van der Waals surface area contributed by atoms with Gasteiger partial charge in [-0.3, -0.25) is 0 Å². The van der Waals surface area contributed by atoms with E-state index in [1.165, 1.54) is 11.1 Å². The molecule has 0 bridgehead atoms. The standard InChI is InChI=1S/C19H19N5/c1-14-16-8-3-2-6-15(16)7-4-13-24(14)17-9-12-22-19(23-17)18-20-10-5-11-21-18/h2-3,5-6,8-12,14H,4,7,13H2,1H3. The van der Waals surface area contributed by atoms with E-state index in [1.54, 1.807) is 24.7 Å². The van der Waals surface area contributed by atoms with Crippen molar-refractivity contribution in [3.8, 4) is 11.6 Å². The van der Waals surface area contributed by atoms with Crippen LogP contribution in [-0.2, 0) is 6.42 Å². The molecule has 0 saturated carbocycles. The minimum atomic E-state index is 0.281. The Balaban J connectivity index is 1.71. The van der Waals surface area contributed by atoms with Crippen molar-refractivity contribution in [3.63, 3.8) is 0 Å².